The van der Waals surface area contributed by atoms with Crippen LogP contribution in [0.4, 0.5) is 9.18 Å². The first-order valence-electron chi connectivity index (χ1n) is 10.5. The van der Waals surface area contributed by atoms with Gasteiger partial charge < -0.3 is 9.30 Å². The van der Waals surface area contributed by atoms with Crippen LogP contribution < -0.4 is 0 Å². The summed E-state index contributed by atoms with van der Waals surface area (Å²) in [6.45, 7) is 13.7. The average molecular weight is 422 g/mol. The van der Waals surface area contributed by atoms with Crippen molar-refractivity contribution in [2.75, 3.05) is 0 Å². The Balaban J connectivity index is 1.99. The third kappa shape index (κ3) is 3.60. The molecule has 0 amide bonds. The number of aromatic nitrogens is 3. The predicted octanol–water partition coefficient (Wildman–Crippen LogP) is 6.64. The minimum absolute atomic E-state index is 0.218. The quantitative estimate of drug-likeness (QED) is 0.364. The minimum Gasteiger partial charge on any atom is -0.442 e. The van der Waals surface area contributed by atoms with Gasteiger partial charge in [-0.25, -0.2) is 9.18 Å². The van der Waals surface area contributed by atoms with E-state index in [0.717, 1.165) is 33.2 Å². The van der Waals surface area contributed by atoms with Crippen LogP contribution in [0.2, 0.25) is 0 Å². The van der Waals surface area contributed by atoms with E-state index in [1.165, 1.54) is 10.7 Å². The molecule has 0 aliphatic heterocycles. The highest BCUT2D eigenvalue weighted by Gasteiger charge is 2.23. The van der Waals surface area contributed by atoms with E-state index in [1.807, 2.05) is 39.0 Å². The molecule has 2 aromatic carbocycles. The van der Waals surface area contributed by atoms with Gasteiger partial charge in [-0.05, 0) is 82.0 Å². The summed E-state index contributed by atoms with van der Waals surface area (Å²) in [5, 5.41) is 6.15. The molecule has 0 saturated carbocycles. The molecule has 0 radical (unpaired) electrons. The first-order chi connectivity index (χ1) is 14.5. The SMILES string of the molecule is Cc1cc(-n2c(C(C)C)c(C)c3cc4c(cnn4C(=O)OC(C)(C)C)cc32)ccc1F. The van der Waals surface area contributed by atoms with E-state index >= 15 is 0 Å². The standard InChI is InChI=1S/C25H28FN3O2/c1-14(2)23-16(4)19-12-21-17(13-27-29(21)24(30)31-25(5,6)7)11-22(19)28(23)18-8-9-20(26)15(3)10-18/h8-14H,1-7H3. The number of hydrogen-bond acceptors (Lipinski definition) is 3. The molecule has 0 atom stereocenters. The lowest BCUT2D eigenvalue weighted by molar-refractivity contribution is 0.0523. The fraction of sp³-hybridized carbons (Fsp3) is 0.360. The Morgan fingerprint density at radius 3 is 2.42 bits per heavy atom. The molecule has 2 aromatic heterocycles. The van der Waals surface area contributed by atoms with Gasteiger partial charge in [0.05, 0.1) is 17.2 Å². The van der Waals surface area contributed by atoms with Gasteiger partial charge in [0, 0.05) is 22.2 Å². The number of aryl methyl sites for hydroxylation is 2. The van der Waals surface area contributed by atoms with Gasteiger partial charge in [-0.1, -0.05) is 13.8 Å². The van der Waals surface area contributed by atoms with Crippen molar-refractivity contribution in [1.82, 2.24) is 14.3 Å². The molecule has 6 heteroatoms. The van der Waals surface area contributed by atoms with E-state index in [1.54, 1.807) is 19.2 Å². The number of nitrogens with zero attached hydrogens (tertiary/aromatic N) is 3. The van der Waals surface area contributed by atoms with Crippen molar-refractivity contribution < 1.29 is 13.9 Å². The van der Waals surface area contributed by atoms with Crippen molar-refractivity contribution in [3.05, 3.63) is 59.2 Å². The lowest BCUT2D eigenvalue weighted by Gasteiger charge is -2.19. The van der Waals surface area contributed by atoms with Crippen LogP contribution >= 0.6 is 0 Å². The molecule has 5 nitrogen and oxygen atoms in total. The first kappa shape index (κ1) is 21.1. The van der Waals surface area contributed by atoms with E-state index in [0.29, 0.717) is 11.1 Å². The maximum Gasteiger partial charge on any atom is 0.435 e. The van der Waals surface area contributed by atoms with E-state index in [2.05, 4.69) is 30.4 Å². The Bertz CT molecular complexity index is 1320. The van der Waals surface area contributed by atoms with E-state index in [-0.39, 0.29) is 11.7 Å². The van der Waals surface area contributed by atoms with Crippen molar-refractivity contribution in [1.29, 1.82) is 0 Å². The topological polar surface area (TPSA) is 49.0 Å². The first-order valence-corrected chi connectivity index (χ1v) is 10.5. The van der Waals surface area contributed by atoms with Gasteiger partial charge in [0.1, 0.15) is 11.4 Å². The third-order valence-electron chi connectivity index (χ3n) is 5.47. The van der Waals surface area contributed by atoms with E-state index in [4.69, 9.17) is 4.74 Å². The predicted molar refractivity (Wildman–Crippen MR) is 122 cm³/mol. The molecular weight excluding hydrogens is 393 g/mol. The van der Waals surface area contributed by atoms with Gasteiger partial charge in [0.15, 0.2) is 0 Å². The van der Waals surface area contributed by atoms with E-state index in [9.17, 15) is 9.18 Å². The Hall–Kier alpha value is -3.15. The number of carbonyl (C=O) groups excluding carboxylic acids is 1. The summed E-state index contributed by atoms with van der Waals surface area (Å²) >= 11 is 0. The molecule has 2 heterocycles. The number of rotatable bonds is 2. The van der Waals surface area contributed by atoms with Gasteiger partial charge >= 0.3 is 6.09 Å². The van der Waals surface area contributed by atoms with Crippen molar-refractivity contribution in [2.24, 2.45) is 0 Å². The van der Waals surface area contributed by atoms with Gasteiger partial charge in [-0.3, -0.25) is 0 Å². The number of carbonyl (C=O) groups is 1. The number of halogens is 1. The molecular formula is C25H28FN3O2. The summed E-state index contributed by atoms with van der Waals surface area (Å²) in [5.41, 5.74) is 4.90. The second-order valence-electron chi connectivity index (χ2n) is 9.40. The summed E-state index contributed by atoms with van der Waals surface area (Å²) in [7, 11) is 0. The van der Waals surface area contributed by atoms with Gasteiger partial charge in [-0.15, -0.1) is 0 Å². The highest BCUT2D eigenvalue weighted by Crippen LogP contribution is 2.36. The zero-order valence-electron chi connectivity index (χ0n) is 19.1. The molecule has 0 unspecified atom stereocenters. The zero-order valence-corrected chi connectivity index (χ0v) is 19.1. The maximum atomic E-state index is 13.9. The molecule has 31 heavy (non-hydrogen) atoms. The fourth-order valence-electron chi connectivity index (χ4n) is 4.17. The maximum absolute atomic E-state index is 13.9. The molecule has 0 aliphatic carbocycles. The highest BCUT2D eigenvalue weighted by atomic mass is 19.1. The lowest BCUT2D eigenvalue weighted by atomic mass is 10.0. The van der Waals surface area contributed by atoms with Crippen LogP contribution in [0.15, 0.2) is 36.5 Å². The smallest absolute Gasteiger partial charge is 0.435 e. The summed E-state index contributed by atoms with van der Waals surface area (Å²) in [5.74, 6) is 0.0345. The molecule has 0 fully saturated rings. The molecule has 0 saturated heterocycles. The number of ether oxygens (including phenoxy) is 1. The fourth-order valence-corrected chi connectivity index (χ4v) is 4.17. The normalized spacial score (nSPS) is 12.3. The van der Waals surface area contributed by atoms with Crippen LogP contribution in [0.5, 0.6) is 0 Å². The van der Waals surface area contributed by atoms with Gasteiger partial charge in [-0.2, -0.15) is 9.78 Å². The average Bonchev–Trinajstić information content (AvgIpc) is 3.20. The van der Waals surface area contributed by atoms with Crippen LogP contribution in [0.1, 0.15) is 57.4 Å². The van der Waals surface area contributed by atoms with Crippen molar-refractivity contribution in [3.8, 4) is 5.69 Å². The van der Waals surface area contributed by atoms with Crippen molar-refractivity contribution in [3.63, 3.8) is 0 Å². The number of benzene rings is 2. The van der Waals surface area contributed by atoms with Crippen molar-refractivity contribution >= 4 is 27.9 Å². The Kier molecular flexibility index (Phi) is 4.91. The van der Waals surface area contributed by atoms with Crippen LogP contribution in [0, 0.1) is 19.7 Å². The monoisotopic (exact) mass is 421 g/mol. The van der Waals surface area contributed by atoms with Crippen LogP contribution in [-0.2, 0) is 4.74 Å². The van der Waals surface area contributed by atoms with Gasteiger partial charge in [0.2, 0.25) is 0 Å². The summed E-state index contributed by atoms with van der Waals surface area (Å²) < 4.78 is 22.9. The number of hydrogen-bond donors (Lipinski definition) is 0. The second-order valence-corrected chi connectivity index (χ2v) is 9.40. The largest absolute Gasteiger partial charge is 0.442 e. The molecule has 162 valence electrons. The van der Waals surface area contributed by atoms with Crippen molar-refractivity contribution in [2.45, 2.75) is 60.0 Å². The molecule has 0 spiro atoms. The summed E-state index contributed by atoms with van der Waals surface area (Å²) in [4.78, 5) is 12.7. The summed E-state index contributed by atoms with van der Waals surface area (Å²) in [6, 6.07) is 9.22. The Morgan fingerprint density at radius 2 is 1.81 bits per heavy atom. The minimum atomic E-state index is -0.607. The molecule has 0 bridgehead atoms. The van der Waals surface area contributed by atoms with Crippen LogP contribution in [0.25, 0.3) is 27.5 Å². The summed E-state index contributed by atoms with van der Waals surface area (Å²) in [6.07, 6.45) is 1.17. The second kappa shape index (κ2) is 7.22. The van der Waals surface area contributed by atoms with Crippen LogP contribution in [-0.4, -0.2) is 26.0 Å². The Morgan fingerprint density at radius 1 is 1.10 bits per heavy atom. The number of fused-ring (bicyclic) bond motifs is 2. The zero-order chi connectivity index (χ0) is 22.7. The third-order valence-corrected chi connectivity index (χ3v) is 5.47. The lowest BCUT2D eigenvalue weighted by Crippen LogP contribution is -2.27. The highest BCUT2D eigenvalue weighted by molar-refractivity contribution is 6.01. The van der Waals surface area contributed by atoms with Gasteiger partial charge in [0.25, 0.3) is 0 Å². The van der Waals surface area contributed by atoms with Crippen LogP contribution in [0.3, 0.4) is 0 Å². The molecule has 0 aliphatic rings. The molecule has 0 N–H and O–H groups in total. The van der Waals surface area contributed by atoms with E-state index < -0.39 is 11.7 Å². The molecule has 4 aromatic rings. The molecule has 4 rings (SSSR count). The Labute approximate surface area is 181 Å².